The molecule has 12 heteroatoms. The molecule has 3 fully saturated rings. The van der Waals surface area contributed by atoms with Crippen LogP contribution in [-0.2, 0) is 33.0 Å². The van der Waals surface area contributed by atoms with E-state index in [0.717, 1.165) is 88.3 Å². The normalized spacial score (nSPS) is 21.2. The summed E-state index contributed by atoms with van der Waals surface area (Å²) in [7, 11) is -2.24. The van der Waals surface area contributed by atoms with Crippen LogP contribution in [0, 0.1) is 23.6 Å². The topological polar surface area (TPSA) is 123 Å². The Morgan fingerprint density at radius 1 is 1.00 bits per heavy atom. The third-order valence-electron chi connectivity index (χ3n) is 12.0. The second-order valence-corrected chi connectivity index (χ2v) is 17.0. The van der Waals surface area contributed by atoms with Crippen LogP contribution in [-0.4, -0.2) is 74.8 Å². The van der Waals surface area contributed by atoms with Gasteiger partial charge in [0.1, 0.15) is 11.6 Å². The van der Waals surface area contributed by atoms with Gasteiger partial charge in [-0.2, -0.15) is 0 Å². The van der Waals surface area contributed by atoms with Crippen molar-refractivity contribution in [3.8, 4) is 0 Å². The number of carbonyl (C=O) groups is 1. The number of imidazole rings is 1. The lowest BCUT2D eigenvalue weighted by Gasteiger charge is -2.51. The van der Waals surface area contributed by atoms with Crippen LogP contribution in [0.3, 0.4) is 0 Å². The lowest BCUT2D eigenvalue weighted by molar-refractivity contribution is 0.0541. The van der Waals surface area contributed by atoms with Crippen LogP contribution in [0.4, 0.5) is 20.6 Å². The van der Waals surface area contributed by atoms with Crippen LogP contribution >= 0.6 is 0 Å². The molecule has 3 aromatic carbocycles. The van der Waals surface area contributed by atoms with Gasteiger partial charge in [-0.15, -0.1) is 0 Å². The molecule has 0 unspecified atom stereocenters. The Morgan fingerprint density at radius 2 is 1.75 bits per heavy atom. The fourth-order valence-electron chi connectivity index (χ4n) is 9.45. The second kappa shape index (κ2) is 15.5. The van der Waals surface area contributed by atoms with Gasteiger partial charge in [-0.1, -0.05) is 31.5 Å². The molecule has 0 radical (unpaired) electrons. The van der Waals surface area contributed by atoms with Crippen molar-refractivity contribution in [2.24, 2.45) is 17.8 Å². The molecule has 3 heterocycles. The van der Waals surface area contributed by atoms with Gasteiger partial charge in [0.25, 0.3) is 0 Å². The smallest absolute Gasteiger partial charge is 0.407 e. The first kappa shape index (κ1) is 36.9. The van der Waals surface area contributed by atoms with Crippen LogP contribution in [0.15, 0.2) is 95.0 Å². The summed E-state index contributed by atoms with van der Waals surface area (Å²) in [6, 6.07) is 20.6. The standard InChI is InChI=1S/C41H51FN6O4S/c1-3-39-44-19-22-47(39)28-41(31-7-4-8-32(42)23-31,37-11-6-12-38(37)45-40(49)52-2)30-17-20-46(21-18-30)25-29-26-48(27-29)34-13-15-35(16-14-34)53(50,51)36-10-5-9-33(43)24-36/h4-5,7-10,13-16,19,22-24,29-30,37-38H,3,6,11-12,17-18,20-21,25-28,43H2,1-2H3,(H,45,49)/t37-,38-,41-/m0/s1. The van der Waals surface area contributed by atoms with E-state index < -0.39 is 21.3 Å². The quantitative estimate of drug-likeness (QED) is 0.162. The first-order valence-electron chi connectivity index (χ1n) is 18.9. The van der Waals surface area contributed by atoms with Crippen molar-refractivity contribution < 1.29 is 22.3 Å². The highest BCUT2D eigenvalue weighted by Crippen LogP contribution is 2.52. The summed E-state index contributed by atoms with van der Waals surface area (Å²) < 4.78 is 48.8. The number of hydrogen-bond acceptors (Lipinski definition) is 8. The van der Waals surface area contributed by atoms with Crippen LogP contribution in [0.5, 0.6) is 0 Å². The van der Waals surface area contributed by atoms with Crippen molar-refractivity contribution in [1.82, 2.24) is 19.8 Å². The van der Waals surface area contributed by atoms with Crippen LogP contribution in [0.1, 0.15) is 50.4 Å². The number of nitrogens with one attached hydrogen (secondary N) is 1. The van der Waals surface area contributed by atoms with Gasteiger partial charge in [0, 0.05) is 73.7 Å². The molecule has 4 aromatic rings. The number of carbonyl (C=O) groups excluding carboxylic acids is 1. The number of nitrogens with zero attached hydrogens (tertiary/aromatic N) is 4. The van der Waals surface area contributed by atoms with Crippen molar-refractivity contribution in [3.05, 3.63) is 102 Å². The number of methoxy groups -OCH3 is 1. The Labute approximate surface area is 312 Å². The van der Waals surface area contributed by atoms with Gasteiger partial charge in [-0.3, -0.25) is 0 Å². The number of likely N-dealkylation sites (tertiary alicyclic amines) is 1. The van der Waals surface area contributed by atoms with E-state index in [4.69, 9.17) is 10.5 Å². The van der Waals surface area contributed by atoms with Gasteiger partial charge < -0.3 is 30.2 Å². The molecule has 2 aliphatic heterocycles. The van der Waals surface area contributed by atoms with Crippen LogP contribution < -0.4 is 16.0 Å². The van der Waals surface area contributed by atoms with Gasteiger partial charge in [-0.05, 0) is 111 Å². The van der Waals surface area contributed by atoms with Crippen LogP contribution in [0.25, 0.3) is 0 Å². The number of alkyl carbamates (subject to hydrolysis) is 1. The van der Waals surface area contributed by atoms with Crippen molar-refractivity contribution in [2.45, 2.75) is 73.2 Å². The molecule has 7 rings (SSSR count). The predicted octanol–water partition coefficient (Wildman–Crippen LogP) is 6.31. The molecule has 3 N–H and O–H groups in total. The first-order chi connectivity index (χ1) is 25.6. The fourth-order valence-corrected chi connectivity index (χ4v) is 10.8. The number of rotatable bonds is 12. The van der Waals surface area contributed by atoms with Crippen molar-refractivity contribution in [1.29, 1.82) is 0 Å². The Bertz CT molecular complexity index is 1990. The van der Waals surface area contributed by atoms with Crippen molar-refractivity contribution in [2.75, 3.05) is 50.5 Å². The SMILES string of the molecule is CCc1nccn1C[C@@](c1cccc(F)c1)(C1CCN(CC2CN(c3ccc(S(=O)(=O)c4cccc(N)c4)cc3)C2)CC1)[C@H]1CCC[C@@H]1NC(=O)OC. The van der Waals surface area contributed by atoms with E-state index in [2.05, 4.69) is 37.7 Å². The summed E-state index contributed by atoms with van der Waals surface area (Å²) in [6.45, 7) is 7.50. The average Bonchev–Trinajstić information content (AvgIpc) is 3.81. The Morgan fingerprint density at radius 3 is 2.45 bits per heavy atom. The van der Waals surface area contributed by atoms with Gasteiger partial charge in [0.15, 0.2) is 0 Å². The summed E-state index contributed by atoms with van der Waals surface area (Å²) in [5, 5.41) is 3.17. The number of aryl methyl sites for hydroxylation is 1. The number of nitrogens with two attached hydrogens (primary N) is 1. The maximum absolute atomic E-state index is 15.1. The third-order valence-corrected chi connectivity index (χ3v) is 13.8. The number of ether oxygens (including phenoxy) is 1. The van der Waals surface area contributed by atoms with Crippen molar-refractivity contribution in [3.63, 3.8) is 0 Å². The zero-order valence-electron chi connectivity index (χ0n) is 30.7. The molecular formula is C41H51FN6O4S. The minimum atomic E-state index is -3.64. The van der Waals surface area contributed by atoms with Gasteiger partial charge >= 0.3 is 6.09 Å². The highest BCUT2D eigenvalue weighted by molar-refractivity contribution is 7.91. The van der Waals surface area contributed by atoms with Crippen LogP contribution in [0.2, 0.25) is 0 Å². The average molecular weight is 743 g/mol. The fraction of sp³-hybridized carbons (Fsp3) is 0.463. The Balaban J connectivity index is 1.05. The van der Waals surface area contributed by atoms with E-state index in [1.807, 2.05) is 30.6 Å². The van der Waals surface area contributed by atoms with E-state index in [0.29, 0.717) is 18.2 Å². The number of hydrogen-bond donors (Lipinski definition) is 2. The molecule has 1 aliphatic carbocycles. The summed E-state index contributed by atoms with van der Waals surface area (Å²) >= 11 is 0. The lowest BCUT2D eigenvalue weighted by Crippen LogP contribution is -2.56. The number of halogens is 1. The molecule has 2 saturated heterocycles. The number of nitrogen functional groups attached to an aromatic ring is 1. The molecule has 282 valence electrons. The number of piperidine rings is 1. The third kappa shape index (κ3) is 7.53. The molecule has 53 heavy (non-hydrogen) atoms. The monoisotopic (exact) mass is 742 g/mol. The summed E-state index contributed by atoms with van der Waals surface area (Å²) in [5.41, 5.74) is 7.84. The second-order valence-electron chi connectivity index (χ2n) is 15.1. The highest BCUT2D eigenvalue weighted by Gasteiger charge is 2.52. The predicted molar refractivity (Wildman–Crippen MR) is 204 cm³/mol. The van der Waals surface area contributed by atoms with Gasteiger partial charge in [0.05, 0.1) is 16.9 Å². The summed E-state index contributed by atoms with van der Waals surface area (Å²) in [5.74, 6) is 1.63. The molecule has 1 saturated carbocycles. The number of amides is 1. The molecule has 1 aromatic heterocycles. The zero-order chi connectivity index (χ0) is 37.2. The molecule has 1 amide bonds. The van der Waals surface area contributed by atoms with E-state index in [1.165, 1.54) is 19.2 Å². The minimum absolute atomic E-state index is 0.0791. The number of sulfone groups is 1. The van der Waals surface area contributed by atoms with Gasteiger partial charge in [0.2, 0.25) is 9.84 Å². The number of benzene rings is 3. The summed E-state index contributed by atoms with van der Waals surface area (Å²) in [6.07, 6.45) is 9.00. The number of anilines is 2. The van der Waals surface area contributed by atoms with E-state index in [9.17, 15) is 13.2 Å². The number of aromatic nitrogens is 2. The molecule has 3 aliphatic rings. The first-order valence-corrected chi connectivity index (χ1v) is 20.4. The zero-order valence-corrected chi connectivity index (χ0v) is 31.5. The van der Waals surface area contributed by atoms with Gasteiger partial charge in [-0.25, -0.2) is 22.6 Å². The van der Waals surface area contributed by atoms with Crippen molar-refractivity contribution >= 4 is 27.3 Å². The van der Waals surface area contributed by atoms with E-state index >= 15 is 4.39 Å². The molecular weight excluding hydrogens is 692 g/mol. The lowest BCUT2D eigenvalue weighted by atomic mass is 9.58. The minimum Gasteiger partial charge on any atom is -0.453 e. The largest absolute Gasteiger partial charge is 0.453 e. The van der Waals surface area contributed by atoms with E-state index in [1.54, 1.807) is 36.4 Å². The molecule has 0 bridgehead atoms. The summed E-state index contributed by atoms with van der Waals surface area (Å²) in [4.78, 5) is 22.6. The van der Waals surface area contributed by atoms with E-state index in [-0.39, 0.29) is 33.5 Å². The molecule has 10 nitrogen and oxygen atoms in total. The maximum Gasteiger partial charge on any atom is 0.407 e. The maximum atomic E-state index is 15.1. The molecule has 3 atom stereocenters. The Kier molecular flexibility index (Phi) is 10.8. The molecule has 0 spiro atoms. The Hall–Kier alpha value is -4.42. The highest BCUT2D eigenvalue weighted by atomic mass is 32.2.